The molecule has 0 atom stereocenters. The minimum absolute atomic E-state index is 0.0130. The summed E-state index contributed by atoms with van der Waals surface area (Å²) in [7, 11) is 1.87. The molecule has 0 bridgehead atoms. The number of aromatic nitrogens is 5. The number of nitrogens with zero attached hydrogens (tertiary/aromatic N) is 6. The van der Waals surface area contributed by atoms with Crippen molar-refractivity contribution in [2.24, 2.45) is 7.05 Å². The van der Waals surface area contributed by atoms with Crippen LogP contribution < -0.4 is 4.74 Å². The van der Waals surface area contributed by atoms with Crippen molar-refractivity contribution in [3.05, 3.63) is 59.9 Å². The zero-order valence-electron chi connectivity index (χ0n) is 16.9. The molecule has 4 rings (SSSR count). The summed E-state index contributed by atoms with van der Waals surface area (Å²) >= 11 is 0. The lowest BCUT2D eigenvalue weighted by molar-refractivity contribution is -0.192. The molecule has 0 fully saturated rings. The van der Waals surface area contributed by atoms with Crippen molar-refractivity contribution >= 4 is 11.9 Å². The van der Waals surface area contributed by atoms with Crippen LogP contribution in [-0.4, -0.2) is 59.1 Å². The molecule has 0 aliphatic carbocycles. The molecule has 170 valence electrons. The van der Waals surface area contributed by atoms with Gasteiger partial charge in [0.2, 0.25) is 0 Å². The largest absolute Gasteiger partial charge is 0.490 e. The lowest BCUT2D eigenvalue weighted by atomic mass is 10.2. The standard InChI is InChI=1S/C17H18N6O2.C2HF3O2/c1-21-7-3-5-15(21)17(24)22-8-9-23-16(11-22)14(19-20-23)12-25-13-4-2-6-18-10-13;3-2(4,5)1(6)7/h2-7,10H,8-9,11-12H2,1H3;(H,6,7). The average Bonchev–Trinajstić information content (AvgIpc) is 3.37. The highest BCUT2D eigenvalue weighted by molar-refractivity contribution is 5.92. The first kappa shape index (κ1) is 22.8. The van der Waals surface area contributed by atoms with E-state index in [1.54, 1.807) is 12.4 Å². The van der Waals surface area contributed by atoms with Gasteiger partial charge in [-0.05, 0) is 24.3 Å². The lowest BCUT2D eigenvalue weighted by Gasteiger charge is -2.27. The maximum atomic E-state index is 12.7. The van der Waals surface area contributed by atoms with Gasteiger partial charge >= 0.3 is 12.1 Å². The summed E-state index contributed by atoms with van der Waals surface area (Å²) in [5.74, 6) is -2.07. The van der Waals surface area contributed by atoms with Gasteiger partial charge in [-0.15, -0.1) is 5.10 Å². The van der Waals surface area contributed by atoms with Crippen LogP contribution in [0.3, 0.4) is 0 Å². The molecule has 10 nitrogen and oxygen atoms in total. The van der Waals surface area contributed by atoms with E-state index in [0.717, 1.165) is 11.4 Å². The first-order valence-corrected chi connectivity index (χ1v) is 9.31. The Labute approximate surface area is 179 Å². The van der Waals surface area contributed by atoms with Gasteiger partial charge in [-0.1, -0.05) is 5.21 Å². The predicted octanol–water partition coefficient (Wildman–Crippen LogP) is 1.88. The Bertz CT molecular complexity index is 1080. The van der Waals surface area contributed by atoms with Crippen LogP contribution in [0.5, 0.6) is 5.75 Å². The maximum Gasteiger partial charge on any atom is 0.490 e. The summed E-state index contributed by atoms with van der Waals surface area (Å²) in [5, 5.41) is 15.5. The molecule has 0 unspecified atom stereocenters. The van der Waals surface area contributed by atoms with Gasteiger partial charge in [0.05, 0.1) is 25.0 Å². The highest BCUT2D eigenvalue weighted by atomic mass is 19.4. The smallest absolute Gasteiger partial charge is 0.486 e. The zero-order chi connectivity index (χ0) is 23.3. The van der Waals surface area contributed by atoms with Crippen LogP contribution in [-0.2, 0) is 31.5 Å². The van der Waals surface area contributed by atoms with Crippen LogP contribution in [0, 0.1) is 0 Å². The molecule has 0 saturated carbocycles. The van der Waals surface area contributed by atoms with Crippen molar-refractivity contribution in [3.8, 4) is 5.75 Å². The maximum absolute atomic E-state index is 12.7. The molecule has 13 heteroatoms. The third kappa shape index (κ3) is 5.42. The van der Waals surface area contributed by atoms with E-state index in [9.17, 15) is 18.0 Å². The Balaban J connectivity index is 0.000000360. The molecule has 1 aliphatic heterocycles. The summed E-state index contributed by atoms with van der Waals surface area (Å²) in [4.78, 5) is 27.5. The number of halogens is 3. The van der Waals surface area contributed by atoms with Crippen molar-refractivity contribution in [2.75, 3.05) is 6.54 Å². The molecule has 0 radical (unpaired) electrons. The van der Waals surface area contributed by atoms with E-state index < -0.39 is 12.1 Å². The highest BCUT2D eigenvalue weighted by Crippen LogP contribution is 2.19. The van der Waals surface area contributed by atoms with Gasteiger partial charge < -0.3 is 19.3 Å². The molecule has 0 aromatic carbocycles. The van der Waals surface area contributed by atoms with Crippen LogP contribution in [0.2, 0.25) is 0 Å². The second kappa shape index (κ2) is 9.49. The number of carboxylic acid groups (broad SMARTS) is 1. The van der Waals surface area contributed by atoms with Gasteiger partial charge in [0.15, 0.2) is 0 Å². The van der Waals surface area contributed by atoms with Crippen molar-refractivity contribution in [1.82, 2.24) is 29.4 Å². The number of fused-ring (bicyclic) bond motifs is 1. The molecule has 3 aromatic rings. The number of pyridine rings is 1. The van der Waals surface area contributed by atoms with Gasteiger partial charge in [0, 0.05) is 26.0 Å². The first-order chi connectivity index (χ1) is 15.2. The number of aliphatic carboxylic acids is 1. The van der Waals surface area contributed by atoms with E-state index in [1.165, 1.54) is 0 Å². The normalized spacial score (nSPS) is 13.1. The van der Waals surface area contributed by atoms with E-state index >= 15 is 0 Å². The minimum Gasteiger partial charge on any atom is -0.486 e. The molecule has 3 aromatic heterocycles. The van der Waals surface area contributed by atoms with Gasteiger partial charge in [-0.2, -0.15) is 13.2 Å². The predicted molar refractivity (Wildman–Crippen MR) is 102 cm³/mol. The summed E-state index contributed by atoms with van der Waals surface area (Å²) in [6, 6.07) is 7.36. The quantitative estimate of drug-likeness (QED) is 0.643. The number of ether oxygens (including phenoxy) is 1. The Kier molecular flexibility index (Phi) is 6.76. The van der Waals surface area contributed by atoms with Crippen molar-refractivity contribution in [2.45, 2.75) is 25.9 Å². The molecule has 32 heavy (non-hydrogen) atoms. The molecular formula is C19H19F3N6O4. The number of amides is 1. The van der Waals surface area contributed by atoms with E-state index in [0.29, 0.717) is 37.7 Å². The van der Waals surface area contributed by atoms with E-state index in [1.807, 2.05) is 51.7 Å². The Morgan fingerprint density at radius 1 is 1.22 bits per heavy atom. The third-order valence-electron chi connectivity index (χ3n) is 4.54. The Hall–Kier alpha value is -3.90. The molecule has 1 N–H and O–H groups in total. The Morgan fingerprint density at radius 2 is 1.97 bits per heavy atom. The van der Waals surface area contributed by atoms with Crippen LogP contribution in [0.1, 0.15) is 21.9 Å². The summed E-state index contributed by atoms with van der Waals surface area (Å²) in [5.41, 5.74) is 2.33. The van der Waals surface area contributed by atoms with Gasteiger partial charge in [-0.25, -0.2) is 9.48 Å². The van der Waals surface area contributed by atoms with Crippen LogP contribution in [0.25, 0.3) is 0 Å². The Morgan fingerprint density at radius 3 is 2.56 bits per heavy atom. The number of rotatable bonds is 4. The number of aryl methyl sites for hydroxylation is 1. The fourth-order valence-corrected chi connectivity index (χ4v) is 2.91. The highest BCUT2D eigenvalue weighted by Gasteiger charge is 2.38. The van der Waals surface area contributed by atoms with E-state index in [4.69, 9.17) is 14.6 Å². The monoisotopic (exact) mass is 452 g/mol. The average molecular weight is 452 g/mol. The van der Waals surface area contributed by atoms with Crippen molar-refractivity contribution in [1.29, 1.82) is 0 Å². The van der Waals surface area contributed by atoms with Crippen LogP contribution in [0.15, 0.2) is 42.9 Å². The second-order valence-electron chi connectivity index (χ2n) is 6.72. The second-order valence-corrected chi connectivity index (χ2v) is 6.72. The van der Waals surface area contributed by atoms with Gasteiger partial charge in [0.1, 0.15) is 23.7 Å². The lowest BCUT2D eigenvalue weighted by Crippen LogP contribution is -2.39. The first-order valence-electron chi connectivity index (χ1n) is 9.31. The number of carbonyl (C=O) groups excluding carboxylic acids is 1. The number of hydrogen-bond acceptors (Lipinski definition) is 6. The molecule has 1 amide bonds. The fourth-order valence-electron chi connectivity index (χ4n) is 2.91. The minimum atomic E-state index is -5.08. The van der Waals surface area contributed by atoms with Crippen molar-refractivity contribution in [3.63, 3.8) is 0 Å². The fraction of sp³-hybridized carbons (Fsp3) is 0.316. The molecular weight excluding hydrogens is 433 g/mol. The van der Waals surface area contributed by atoms with Gasteiger partial charge in [0.25, 0.3) is 5.91 Å². The number of hydrogen-bond donors (Lipinski definition) is 1. The summed E-state index contributed by atoms with van der Waals surface area (Å²) in [6.07, 6.45) is 0.136. The van der Waals surface area contributed by atoms with Crippen LogP contribution in [0.4, 0.5) is 13.2 Å². The number of alkyl halides is 3. The molecule has 0 spiro atoms. The SMILES string of the molecule is Cn1cccc1C(=O)N1CCn2nnc(COc3cccnc3)c2C1.O=C(O)C(F)(F)F. The van der Waals surface area contributed by atoms with E-state index in [-0.39, 0.29) is 5.91 Å². The van der Waals surface area contributed by atoms with Gasteiger partial charge in [-0.3, -0.25) is 9.78 Å². The van der Waals surface area contributed by atoms with Crippen molar-refractivity contribution < 1.29 is 32.6 Å². The van der Waals surface area contributed by atoms with E-state index in [2.05, 4.69) is 15.3 Å². The molecule has 1 aliphatic rings. The summed E-state index contributed by atoms with van der Waals surface area (Å²) < 4.78 is 41.1. The summed E-state index contributed by atoms with van der Waals surface area (Å²) in [6.45, 7) is 2.02. The van der Waals surface area contributed by atoms with Crippen LogP contribution >= 0.6 is 0 Å². The number of carbonyl (C=O) groups is 2. The topological polar surface area (TPSA) is 115 Å². The molecule has 0 saturated heterocycles. The third-order valence-corrected chi connectivity index (χ3v) is 4.54. The number of carboxylic acids is 1. The molecule has 4 heterocycles. The zero-order valence-corrected chi connectivity index (χ0v) is 16.9.